The van der Waals surface area contributed by atoms with E-state index in [1.165, 1.54) is 0 Å². The van der Waals surface area contributed by atoms with Gasteiger partial charge in [-0.25, -0.2) is 0 Å². The second-order valence-corrected chi connectivity index (χ2v) is 2.82. The normalized spacial score (nSPS) is 9.20. The minimum Gasteiger partial charge on any atom is -0.196 e. The molecule has 2 aromatic rings. The van der Waals surface area contributed by atoms with Gasteiger partial charge in [-0.1, -0.05) is 12.1 Å². The molecule has 5 nitrogen and oxygen atoms in total. The number of hydrogen-bond donors (Lipinski definition) is 1. The third-order valence-electron chi connectivity index (χ3n) is 1.94. The Balaban J connectivity index is 2.48. The van der Waals surface area contributed by atoms with Gasteiger partial charge in [0.1, 0.15) is 11.8 Å². The van der Waals surface area contributed by atoms with Gasteiger partial charge in [-0.2, -0.15) is 20.8 Å². The Morgan fingerprint density at radius 1 is 1.00 bits per heavy atom. The number of aromatic amines is 1. The predicted molar refractivity (Wildman–Crippen MR) is 51.2 cm³/mol. The van der Waals surface area contributed by atoms with E-state index in [1.54, 1.807) is 24.3 Å². The predicted octanol–water partition coefficient (Wildman–Crippen LogP) is 1.22. The summed E-state index contributed by atoms with van der Waals surface area (Å²) in [6, 6.07) is 10.8. The zero-order chi connectivity index (χ0) is 10.7. The van der Waals surface area contributed by atoms with Crippen LogP contribution in [0.3, 0.4) is 0 Å². The molecule has 0 fully saturated rings. The third-order valence-corrected chi connectivity index (χ3v) is 1.94. The van der Waals surface area contributed by atoms with Gasteiger partial charge in [-0.05, 0) is 12.1 Å². The number of aromatic nitrogens is 3. The van der Waals surface area contributed by atoms with Crippen LogP contribution in [-0.2, 0) is 0 Å². The third kappa shape index (κ3) is 1.54. The summed E-state index contributed by atoms with van der Waals surface area (Å²) in [5, 5.41) is 27.3. The van der Waals surface area contributed by atoms with E-state index in [-0.39, 0.29) is 5.69 Å². The first-order valence-electron chi connectivity index (χ1n) is 4.16. The Hall–Kier alpha value is -2.66. The van der Waals surface area contributed by atoms with Crippen LogP contribution >= 0.6 is 0 Å². The van der Waals surface area contributed by atoms with Gasteiger partial charge in [0.15, 0.2) is 5.69 Å². The number of benzene rings is 1. The second-order valence-electron chi connectivity index (χ2n) is 2.82. The SMILES string of the molecule is N#Cc1ccc(-c2n[nH]nc2C#N)cc1. The van der Waals surface area contributed by atoms with Crippen molar-refractivity contribution >= 4 is 0 Å². The van der Waals surface area contributed by atoms with E-state index in [0.717, 1.165) is 5.56 Å². The zero-order valence-electron chi connectivity index (χ0n) is 7.60. The van der Waals surface area contributed by atoms with Crippen LogP contribution in [0.4, 0.5) is 0 Å². The van der Waals surface area contributed by atoms with Crippen molar-refractivity contribution in [2.75, 3.05) is 0 Å². The first-order chi connectivity index (χ1) is 7.35. The Kier molecular flexibility index (Phi) is 2.14. The Labute approximate surface area is 85.6 Å². The van der Waals surface area contributed by atoms with Crippen LogP contribution < -0.4 is 0 Å². The lowest BCUT2D eigenvalue weighted by Crippen LogP contribution is -1.83. The van der Waals surface area contributed by atoms with E-state index in [0.29, 0.717) is 11.3 Å². The van der Waals surface area contributed by atoms with Gasteiger partial charge in [0.25, 0.3) is 0 Å². The van der Waals surface area contributed by atoms with Crippen molar-refractivity contribution in [1.29, 1.82) is 10.5 Å². The Morgan fingerprint density at radius 2 is 1.73 bits per heavy atom. The van der Waals surface area contributed by atoms with Crippen molar-refractivity contribution in [3.63, 3.8) is 0 Å². The summed E-state index contributed by atoms with van der Waals surface area (Å²) in [5.41, 5.74) is 2.08. The monoisotopic (exact) mass is 195 g/mol. The lowest BCUT2D eigenvalue weighted by atomic mass is 10.1. The molecule has 0 spiro atoms. The maximum absolute atomic E-state index is 8.74. The lowest BCUT2D eigenvalue weighted by molar-refractivity contribution is 0.937. The highest BCUT2D eigenvalue weighted by atomic mass is 15.3. The molecule has 0 unspecified atom stereocenters. The van der Waals surface area contributed by atoms with E-state index in [1.807, 2.05) is 12.1 Å². The smallest absolute Gasteiger partial charge is 0.190 e. The highest BCUT2D eigenvalue weighted by Crippen LogP contribution is 2.18. The molecule has 0 saturated carbocycles. The summed E-state index contributed by atoms with van der Waals surface area (Å²) in [7, 11) is 0. The summed E-state index contributed by atoms with van der Waals surface area (Å²) in [5.74, 6) is 0. The molecule has 15 heavy (non-hydrogen) atoms. The molecular formula is C10H5N5. The first kappa shape index (κ1) is 8.92. The Morgan fingerprint density at radius 3 is 2.33 bits per heavy atom. The second kappa shape index (κ2) is 3.60. The van der Waals surface area contributed by atoms with Gasteiger partial charge in [-0.15, -0.1) is 5.10 Å². The molecule has 0 atom stereocenters. The first-order valence-corrected chi connectivity index (χ1v) is 4.16. The highest BCUT2D eigenvalue weighted by molar-refractivity contribution is 5.64. The van der Waals surface area contributed by atoms with Crippen molar-refractivity contribution in [2.45, 2.75) is 0 Å². The summed E-state index contributed by atoms with van der Waals surface area (Å²) in [6.45, 7) is 0. The quantitative estimate of drug-likeness (QED) is 0.740. The van der Waals surface area contributed by atoms with Gasteiger partial charge < -0.3 is 0 Å². The van der Waals surface area contributed by atoms with Crippen LogP contribution in [0.5, 0.6) is 0 Å². The molecular weight excluding hydrogens is 190 g/mol. The van der Waals surface area contributed by atoms with E-state index < -0.39 is 0 Å². The Bertz CT molecular complexity index is 553. The number of nitrogens with zero attached hydrogens (tertiary/aromatic N) is 4. The average molecular weight is 195 g/mol. The summed E-state index contributed by atoms with van der Waals surface area (Å²) < 4.78 is 0. The summed E-state index contributed by atoms with van der Waals surface area (Å²) in [6.07, 6.45) is 0. The van der Waals surface area contributed by atoms with E-state index >= 15 is 0 Å². The van der Waals surface area contributed by atoms with Crippen LogP contribution in [0.25, 0.3) is 11.3 Å². The van der Waals surface area contributed by atoms with Crippen molar-refractivity contribution < 1.29 is 0 Å². The molecule has 0 aliphatic rings. The molecule has 0 saturated heterocycles. The van der Waals surface area contributed by atoms with Gasteiger partial charge >= 0.3 is 0 Å². The summed E-state index contributed by atoms with van der Waals surface area (Å²) in [4.78, 5) is 0. The standard InChI is InChI=1S/C10H5N5/c11-5-7-1-3-8(4-2-7)10-9(6-12)13-15-14-10/h1-4H,(H,13,14,15). The van der Waals surface area contributed by atoms with Crippen molar-refractivity contribution in [3.05, 3.63) is 35.5 Å². The fraction of sp³-hybridized carbons (Fsp3) is 0. The molecule has 1 N–H and O–H groups in total. The number of hydrogen-bond acceptors (Lipinski definition) is 4. The molecule has 0 aliphatic carbocycles. The van der Waals surface area contributed by atoms with Gasteiger partial charge in [-0.3, -0.25) is 0 Å². The maximum atomic E-state index is 8.74. The number of nitrogens with one attached hydrogen (secondary N) is 1. The van der Waals surface area contributed by atoms with Crippen LogP contribution in [0.1, 0.15) is 11.3 Å². The molecule has 1 heterocycles. The average Bonchev–Trinajstić information content (AvgIpc) is 2.77. The summed E-state index contributed by atoms with van der Waals surface area (Å²) >= 11 is 0. The fourth-order valence-corrected chi connectivity index (χ4v) is 1.21. The lowest BCUT2D eigenvalue weighted by Gasteiger charge is -1.95. The van der Waals surface area contributed by atoms with Crippen molar-refractivity contribution in [1.82, 2.24) is 15.4 Å². The molecule has 5 heteroatoms. The molecule has 2 rings (SSSR count). The minimum absolute atomic E-state index is 0.250. The minimum atomic E-state index is 0.250. The highest BCUT2D eigenvalue weighted by Gasteiger charge is 2.08. The van der Waals surface area contributed by atoms with Crippen LogP contribution in [-0.4, -0.2) is 15.4 Å². The van der Waals surface area contributed by atoms with Crippen LogP contribution in [0.2, 0.25) is 0 Å². The van der Waals surface area contributed by atoms with E-state index in [9.17, 15) is 0 Å². The largest absolute Gasteiger partial charge is 0.196 e. The van der Waals surface area contributed by atoms with E-state index in [4.69, 9.17) is 10.5 Å². The van der Waals surface area contributed by atoms with Crippen molar-refractivity contribution in [3.8, 4) is 23.4 Å². The molecule has 70 valence electrons. The molecule has 0 amide bonds. The van der Waals surface area contributed by atoms with Crippen LogP contribution in [0.15, 0.2) is 24.3 Å². The van der Waals surface area contributed by atoms with Crippen LogP contribution in [0, 0.1) is 22.7 Å². The van der Waals surface area contributed by atoms with Crippen molar-refractivity contribution in [2.24, 2.45) is 0 Å². The molecule has 1 aromatic carbocycles. The fourth-order valence-electron chi connectivity index (χ4n) is 1.21. The topological polar surface area (TPSA) is 89.2 Å². The molecule has 0 aliphatic heterocycles. The number of nitriles is 2. The zero-order valence-corrected chi connectivity index (χ0v) is 7.60. The van der Waals surface area contributed by atoms with E-state index in [2.05, 4.69) is 15.4 Å². The van der Waals surface area contributed by atoms with Gasteiger partial charge in [0.2, 0.25) is 0 Å². The molecule has 0 bridgehead atoms. The number of rotatable bonds is 1. The maximum Gasteiger partial charge on any atom is 0.190 e. The molecule has 1 aromatic heterocycles. The van der Waals surface area contributed by atoms with Gasteiger partial charge in [0, 0.05) is 5.56 Å². The number of H-pyrrole nitrogens is 1. The van der Waals surface area contributed by atoms with Gasteiger partial charge in [0.05, 0.1) is 11.6 Å². The molecule has 0 radical (unpaired) electrons.